The van der Waals surface area contributed by atoms with Crippen molar-refractivity contribution < 1.29 is 37.0 Å². The Bertz CT molecular complexity index is 1770. The molecule has 5 unspecified atom stereocenters. The molecule has 1 aromatic heterocycles. The Morgan fingerprint density at radius 3 is 2.33 bits per heavy atom. The van der Waals surface area contributed by atoms with Crippen LogP contribution in [0.4, 0.5) is 0 Å². The van der Waals surface area contributed by atoms with Gasteiger partial charge in [-0.05, 0) is 43.6 Å². The highest BCUT2D eigenvalue weighted by molar-refractivity contribution is 7.91. The highest BCUT2D eigenvalue weighted by atomic mass is 32.2. The summed E-state index contributed by atoms with van der Waals surface area (Å²) in [5.74, 6) is -0.261. The molecule has 260 valence electrons. The summed E-state index contributed by atoms with van der Waals surface area (Å²) in [5.41, 5.74) is 4.90. The Balaban J connectivity index is 1.30. The Labute approximate surface area is 280 Å². The summed E-state index contributed by atoms with van der Waals surface area (Å²) in [6.07, 6.45) is 3.96. The van der Waals surface area contributed by atoms with Crippen molar-refractivity contribution in [1.82, 2.24) is 24.9 Å². The zero-order valence-corrected chi connectivity index (χ0v) is 28.8. The monoisotopic (exact) mass is 684 g/mol. The minimum Gasteiger partial charge on any atom is -0.493 e. The number of nitrogens with two attached hydrogens (primary N) is 1. The molecule has 3 saturated carbocycles. The number of nitrogens with one attached hydrogen (secondary N) is 2. The van der Waals surface area contributed by atoms with Gasteiger partial charge in [-0.15, -0.1) is 6.58 Å². The van der Waals surface area contributed by atoms with E-state index in [-0.39, 0.29) is 31.2 Å². The maximum atomic E-state index is 14.1. The van der Waals surface area contributed by atoms with E-state index in [1.54, 1.807) is 19.2 Å². The molecule has 0 spiro atoms. The topological polar surface area (TPSA) is 192 Å². The van der Waals surface area contributed by atoms with E-state index >= 15 is 0 Å². The van der Waals surface area contributed by atoms with Gasteiger partial charge in [-0.1, -0.05) is 26.8 Å². The zero-order chi connectivity index (χ0) is 34.8. The lowest BCUT2D eigenvalue weighted by molar-refractivity contribution is -0.142. The molecule has 3 amide bonds. The average Bonchev–Trinajstić information content (AvgIpc) is 3.92. The van der Waals surface area contributed by atoms with Gasteiger partial charge in [0.1, 0.15) is 23.5 Å². The Morgan fingerprint density at radius 2 is 1.77 bits per heavy atom. The second-order valence-corrected chi connectivity index (χ2v) is 16.4. The van der Waals surface area contributed by atoms with Crippen molar-refractivity contribution in [3.8, 4) is 17.4 Å². The van der Waals surface area contributed by atoms with Crippen LogP contribution in [0.2, 0.25) is 0 Å². The lowest BCUT2D eigenvalue weighted by Crippen LogP contribution is -2.59. The third kappa shape index (κ3) is 6.41. The van der Waals surface area contributed by atoms with Crippen LogP contribution >= 0.6 is 0 Å². The number of likely N-dealkylation sites (tertiary alicyclic amines) is 1. The van der Waals surface area contributed by atoms with Crippen molar-refractivity contribution >= 4 is 38.6 Å². The Kier molecular flexibility index (Phi) is 8.59. The van der Waals surface area contributed by atoms with Gasteiger partial charge in [-0.3, -0.25) is 19.1 Å². The number of carbonyl (C=O) groups is 3. The van der Waals surface area contributed by atoms with Gasteiger partial charge in [-0.2, -0.15) is 4.98 Å². The summed E-state index contributed by atoms with van der Waals surface area (Å²) in [4.78, 5) is 52.2. The summed E-state index contributed by atoms with van der Waals surface area (Å²) >= 11 is 0. The highest BCUT2D eigenvalue weighted by Crippen LogP contribution is 2.46. The SMILES string of the molecule is C=CC1CC1(NC(=O)C1CC(Oc2nc(C3CC3)nc3cc(OC)c(OC)cc23)CN1C(=O)C(N)C(C)(C)C)C(=O)NS(=O)(=O)C1CC1. The first-order chi connectivity index (χ1) is 22.6. The molecule has 2 heterocycles. The summed E-state index contributed by atoms with van der Waals surface area (Å²) in [6.45, 7) is 9.29. The van der Waals surface area contributed by atoms with Crippen molar-refractivity contribution in [2.45, 2.75) is 94.2 Å². The number of hydrogen-bond donors (Lipinski definition) is 3. The molecule has 6 rings (SSSR count). The van der Waals surface area contributed by atoms with Crippen LogP contribution in [0, 0.1) is 11.3 Å². The number of methoxy groups -OCH3 is 2. The molecule has 1 aromatic carbocycles. The van der Waals surface area contributed by atoms with Crippen molar-refractivity contribution in [1.29, 1.82) is 0 Å². The lowest BCUT2D eigenvalue weighted by atomic mass is 9.86. The molecule has 4 fully saturated rings. The summed E-state index contributed by atoms with van der Waals surface area (Å²) in [7, 11) is -0.792. The third-order valence-electron chi connectivity index (χ3n) is 9.70. The molecule has 15 heteroatoms. The van der Waals surface area contributed by atoms with Crippen LogP contribution in [0.25, 0.3) is 10.9 Å². The van der Waals surface area contributed by atoms with Gasteiger partial charge in [0, 0.05) is 24.3 Å². The normalized spacial score (nSPS) is 26.0. The minimum absolute atomic E-state index is 0.0262. The van der Waals surface area contributed by atoms with Crippen LogP contribution in [0.1, 0.15) is 71.0 Å². The number of nitrogens with zero attached hydrogens (tertiary/aromatic N) is 3. The molecule has 1 saturated heterocycles. The Morgan fingerprint density at radius 1 is 1.10 bits per heavy atom. The predicted octanol–water partition coefficient (Wildman–Crippen LogP) is 1.92. The highest BCUT2D eigenvalue weighted by Gasteiger charge is 2.62. The number of ether oxygens (including phenoxy) is 3. The molecule has 4 N–H and O–H groups in total. The van der Waals surface area contributed by atoms with Crippen molar-refractivity contribution in [2.75, 3.05) is 20.8 Å². The number of aromatic nitrogens is 2. The van der Waals surface area contributed by atoms with E-state index in [4.69, 9.17) is 29.9 Å². The smallest absolute Gasteiger partial charge is 0.259 e. The molecule has 0 bridgehead atoms. The summed E-state index contributed by atoms with van der Waals surface area (Å²) in [5, 5.41) is 2.76. The standard InChI is InChI=1S/C33H44N6O8S/c1-7-18-15-33(18,31(42)38-48(43,44)20-10-11-20)37-28(40)23-12-19(16-39(23)30(41)26(34)32(2,3)4)47-29-21-13-24(45-5)25(46-6)14-22(21)35-27(36-29)17-8-9-17/h7,13-14,17-20,23,26H,1,8-12,15-16,34H2,2-6H3,(H,37,40)(H,38,42). The zero-order valence-electron chi connectivity index (χ0n) is 27.9. The molecular weight excluding hydrogens is 640 g/mol. The average molecular weight is 685 g/mol. The number of rotatable bonds is 12. The van der Waals surface area contributed by atoms with Gasteiger partial charge in [-0.25, -0.2) is 13.4 Å². The van der Waals surface area contributed by atoms with E-state index in [1.807, 2.05) is 20.8 Å². The molecule has 48 heavy (non-hydrogen) atoms. The van der Waals surface area contributed by atoms with Crippen molar-refractivity contribution in [3.63, 3.8) is 0 Å². The van der Waals surface area contributed by atoms with Crippen LogP contribution in [0.3, 0.4) is 0 Å². The maximum Gasteiger partial charge on any atom is 0.259 e. The van der Waals surface area contributed by atoms with E-state index in [9.17, 15) is 22.8 Å². The van der Waals surface area contributed by atoms with Crippen LogP contribution in [0.5, 0.6) is 17.4 Å². The van der Waals surface area contributed by atoms with E-state index < -0.39 is 68.1 Å². The maximum absolute atomic E-state index is 14.1. The second-order valence-electron chi connectivity index (χ2n) is 14.4. The molecule has 4 aliphatic rings. The van der Waals surface area contributed by atoms with Gasteiger partial charge >= 0.3 is 0 Å². The van der Waals surface area contributed by atoms with Gasteiger partial charge in [0.15, 0.2) is 11.5 Å². The van der Waals surface area contributed by atoms with Gasteiger partial charge in [0.25, 0.3) is 5.91 Å². The van der Waals surface area contributed by atoms with Crippen molar-refractivity contribution in [2.24, 2.45) is 17.1 Å². The minimum atomic E-state index is -3.86. The fourth-order valence-corrected chi connectivity index (χ4v) is 7.52. The molecule has 5 atom stereocenters. The number of carbonyl (C=O) groups excluding carboxylic acids is 3. The molecular formula is C33H44N6O8S. The van der Waals surface area contributed by atoms with Crippen LogP contribution in [-0.2, 0) is 24.4 Å². The number of hydrogen-bond acceptors (Lipinski definition) is 11. The number of benzene rings is 1. The van der Waals surface area contributed by atoms with Crippen LogP contribution in [-0.4, -0.2) is 90.7 Å². The quantitative estimate of drug-likeness (QED) is 0.277. The molecule has 3 aliphatic carbocycles. The van der Waals surface area contributed by atoms with Crippen LogP contribution < -0.4 is 30.0 Å². The van der Waals surface area contributed by atoms with Crippen LogP contribution in [0.15, 0.2) is 24.8 Å². The number of amides is 3. The first kappa shape index (κ1) is 33.9. The van der Waals surface area contributed by atoms with Crippen molar-refractivity contribution in [3.05, 3.63) is 30.6 Å². The molecule has 0 radical (unpaired) electrons. The van der Waals surface area contributed by atoms with Gasteiger partial charge < -0.3 is 30.2 Å². The first-order valence-electron chi connectivity index (χ1n) is 16.3. The largest absolute Gasteiger partial charge is 0.493 e. The molecule has 2 aromatic rings. The predicted molar refractivity (Wildman–Crippen MR) is 176 cm³/mol. The van der Waals surface area contributed by atoms with Gasteiger partial charge in [0.05, 0.1) is 43.0 Å². The lowest BCUT2D eigenvalue weighted by Gasteiger charge is -2.33. The fraction of sp³-hybridized carbons (Fsp3) is 0.606. The Hall–Kier alpha value is -3.98. The number of sulfonamides is 1. The second kappa shape index (κ2) is 12.2. The fourth-order valence-electron chi connectivity index (χ4n) is 6.16. The third-order valence-corrected chi connectivity index (χ3v) is 11.5. The summed E-state index contributed by atoms with van der Waals surface area (Å²) in [6, 6.07) is 1.50. The summed E-state index contributed by atoms with van der Waals surface area (Å²) < 4.78 is 44.9. The number of fused-ring (bicyclic) bond motifs is 1. The molecule has 14 nitrogen and oxygen atoms in total. The molecule has 1 aliphatic heterocycles. The first-order valence-corrected chi connectivity index (χ1v) is 17.8. The van der Waals surface area contributed by atoms with Gasteiger partial charge in [0.2, 0.25) is 27.7 Å². The van der Waals surface area contributed by atoms with E-state index in [0.29, 0.717) is 41.1 Å². The van der Waals surface area contributed by atoms with E-state index in [0.717, 1.165) is 12.8 Å². The van der Waals surface area contributed by atoms with E-state index in [2.05, 4.69) is 16.6 Å². The van der Waals surface area contributed by atoms with E-state index in [1.165, 1.54) is 18.1 Å².